The quantitative estimate of drug-likeness (QED) is 0.887. The highest BCUT2D eigenvalue weighted by atomic mass is 16.3. The second kappa shape index (κ2) is 6.39. The molecule has 0 heterocycles. The zero-order valence-electron chi connectivity index (χ0n) is 11.6. The molecule has 0 aliphatic carbocycles. The summed E-state index contributed by atoms with van der Waals surface area (Å²) >= 11 is 0. The highest BCUT2D eigenvalue weighted by Crippen LogP contribution is 2.21. The number of anilines is 1. The van der Waals surface area contributed by atoms with Gasteiger partial charge in [0, 0.05) is 25.7 Å². The molecular weight excluding hydrogens is 234 g/mol. The highest BCUT2D eigenvalue weighted by molar-refractivity contribution is 5.46. The minimum Gasteiger partial charge on any atom is -0.396 e. The van der Waals surface area contributed by atoms with E-state index in [1.807, 2.05) is 32.3 Å². The van der Waals surface area contributed by atoms with Crippen LogP contribution in [0.1, 0.15) is 17.0 Å². The van der Waals surface area contributed by atoms with Crippen molar-refractivity contribution in [2.24, 2.45) is 0 Å². The first-order chi connectivity index (χ1) is 9.20. The number of nitrogens with zero attached hydrogens (tertiary/aromatic N) is 1. The van der Waals surface area contributed by atoms with Crippen molar-refractivity contribution in [3.05, 3.63) is 65.7 Å². The average Bonchev–Trinajstić information content (AvgIpc) is 2.46. The fraction of sp³-hybridized carbons (Fsp3) is 0.294. The van der Waals surface area contributed by atoms with E-state index in [1.54, 1.807) is 0 Å². The minimum absolute atomic E-state index is 0.173. The van der Waals surface area contributed by atoms with E-state index in [0.717, 1.165) is 6.42 Å². The number of rotatable bonds is 5. The molecule has 0 saturated carbocycles. The molecule has 2 nitrogen and oxygen atoms in total. The van der Waals surface area contributed by atoms with Gasteiger partial charge in [0.25, 0.3) is 0 Å². The first kappa shape index (κ1) is 13.6. The molecule has 2 aromatic rings. The molecule has 1 unspecified atom stereocenters. The molecule has 100 valence electrons. The molecule has 0 aromatic heterocycles. The van der Waals surface area contributed by atoms with Crippen molar-refractivity contribution in [1.82, 2.24) is 0 Å². The van der Waals surface area contributed by atoms with Crippen LogP contribution in [0.15, 0.2) is 54.6 Å². The second-order valence-corrected chi connectivity index (χ2v) is 5.06. The summed E-state index contributed by atoms with van der Waals surface area (Å²) in [5, 5.41) is 9.58. The zero-order valence-corrected chi connectivity index (χ0v) is 11.6. The molecule has 2 heteroatoms. The molecule has 19 heavy (non-hydrogen) atoms. The van der Waals surface area contributed by atoms with Gasteiger partial charge in [-0.15, -0.1) is 0 Å². The van der Waals surface area contributed by atoms with Gasteiger partial charge in [-0.3, -0.25) is 0 Å². The van der Waals surface area contributed by atoms with Gasteiger partial charge in [-0.1, -0.05) is 42.5 Å². The normalized spacial score (nSPS) is 12.2. The Bertz CT molecular complexity index is 490. The Kier molecular flexibility index (Phi) is 4.58. The minimum atomic E-state index is 0.173. The van der Waals surface area contributed by atoms with Crippen molar-refractivity contribution in [2.45, 2.75) is 12.3 Å². The van der Waals surface area contributed by atoms with Gasteiger partial charge in [-0.2, -0.15) is 0 Å². The van der Waals surface area contributed by atoms with Crippen LogP contribution in [0.5, 0.6) is 0 Å². The van der Waals surface area contributed by atoms with E-state index in [1.165, 1.54) is 16.8 Å². The van der Waals surface area contributed by atoms with Gasteiger partial charge in [-0.25, -0.2) is 0 Å². The molecule has 2 aromatic carbocycles. The predicted molar refractivity (Wildman–Crippen MR) is 80.7 cm³/mol. The van der Waals surface area contributed by atoms with E-state index >= 15 is 0 Å². The standard InChI is InChI=1S/C17H21NO/c1-18(2)17-10-8-14(9-11-17)12-16(13-19)15-6-4-3-5-7-15/h3-11,16,19H,12-13H2,1-2H3. The highest BCUT2D eigenvalue weighted by Gasteiger charge is 2.10. The maximum Gasteiger partial charge on any atom is 0.0502 e. The van der Waals surface area contributed by atoms with E-state index in [4.69, 9.17) is 0 Å². The summed E-state index contributed by atoms with van der Waals surface area (Å²) in [5.41, 5.74) is 3.65. The van der Waals surface area contributed by atoms with E-state index in [0.29, 0.717) is 0 Å². The van der Waals surface area contributed by atoms with Crippen LogP contribution in [0.2, 0.25) is 0 Å². The second-order valence-electron chi connectivity index (χ2n) is 5.06. The number of benzene rings is 2. The summed E-state index contributed by atoms with van der Waals surface area (Å²) in [7, 11) is 4.07. The maximum atomic E-state index is 9.58. The lowest BCUT2D eigenvalue weighted by Gasteiger charge is -2.16. The Morgan fingerprint density at radius 3 is 2.11 bits per heavy atom. The smallest absolute Gasteiger partial charge is 0.0502 e. The van der Waals surface area contributed by atoms with Gasteiger partial charge in [0.1, 0.15) is 0 Å². The van der Waals surface area contributed by atoms with Crippen molar-refractivity contribution >= 4 is 5.69 Å². The fourth-order valence-electron chi connectivity index (χ4n) is 2.23. The Morgan fingerprint density at radius 2 is 1.58 bits per heavy atom. The largest absolute Gasteiger partial charge is 0.396 e. The molecule has 0 spiro atoms. The monoisotopic (exact) mass is 255 g/mol. The lowest BCUT2D eigenvalue weighted by atomic mass is 9.93. The third-order valence-electron chi connectivity index (χ3n) is 3.43. The molecule has 2 rings (SSSR count). The lowest BCUT2D eigenvalue weighted by Crippen LogP contribution is -2.10. The van der Waals surface area contributed by atoms with Crippen LogP contribution in [0.25, 0.3) is 0 Å². The van der Waals surface area contributed by atoms with Gasteiger partial charge < -0.3 is 10.0 Å². The van der Waals surface area contributed by atoms with Crippen LogP contribution >= 0.6 is 0 Å². The van der Waals surface area contributed by atoms with Crippen LogP contribution in [0.4, 0.5) is 5.69 Å². The van der Waals surface area contributed by atoms with Crippen molar-refractivity contribution in [3.63, 3.8) is 0 Å². The summed E-state index contributed by atoms with van der Waals surface area (Å²) in [6, 6.07) is 18.7. The van der Waals surface area contributed by atoms with Gasteiger partial charge in [-0.05, 0) is 29.7 Å². The fourth-order valence-corrected chi connectivity index (χ4v) is 2.23. The van der Waals surface area contributed by atoms with Gasteiger partial charge >= 0.3 is 0 Å². The number of aliphatic hydroxyl groups is 1. The summed E-state index contributed by atoms with van der Waals surface area (Å²) in [6.45, 7) is 0.180. The van der Waals surface area contributed by atoms with Crippen LogP contribution < -0.4 is 4.90 Å². The van der Waals surface area contributed by atoms with Crippen molar-refractivity contribution < 1.29 is 5.11 Å². The van der Waals surface area contributed by atoms with Crippen LogP contribution in [-0.4, -0.2) is 25.8 Å². The molecule has 0 radical (unpaired) electrons. The Labute approximate surface area is 115 Å². The van der Waals surface area contributed by atoms with Crippen LogP contribution in [-0.2, 0) is 6.42 Å². The number of aliphatic hydroxyl groups excluding tert-OH is 1. The molecule has 0 saturated heterocycles. The first-order valence-electron chi connectivity index (χ1n) is 6.63. The summed E-state index contributed by atoms with van der Waals surface area (Å²) < 4.78 is 0. The van der Waals surface area contributed by atoms with Crippen molar-refractivity contribution in [3.8, 4) is 0 Å². The molecule has 0 aliphatic rings. The Morgan fingerprint density at radius 1 is 0.947 bits per heavy atom. The lowest BCUT2D eigenvalue weighted by molar-refractivity contribution is 0.264. The van der Waals surface area contributed by atoms with Gasteiger partial charge in [0.05, 0.1) is 6.61 Å². The number of hydrogen-bond donors (Lipinski definition) is 1. The van der Waals surface area contributed by atoms with Crippen LogP contribution in [0, 0.1) is 0 Å². The topological polar surface area (TPSA) is 23.5 Å². The van der Waals surface area contributed by atoms with E-state index in [-0.39, 0.29) is 12.5 Å². The Hall–Kier alpha value is -1.80. The Balaban J connectivity index is 2.10. The SMILES string of the molecule is CN(C)c1ccc(CC(CO)c2ccccc2)cc1. The van der Waals surface area contributed by atoms with E-state index in [2.05, 4.69) is 41.3 Å². The van der Waals surface area contributed by atoms with E-state index < -0.39 is 0 Å². The first-order valence-corrected chi connectivity index (χ1v) is 6.63. The van der Waals surface area contributed by atoms with Gasteiger partial charge in [0.2, 0.25) is 0 Å². The molecule has 0 fully saturated rings. The summed E-state index contributed by atoms with van der Waals surface area (Å²) in [4.78, 5) is 2.09. The average molecular weight is 255 g/mol. The molecule has 1 N–H and O–H groups in total. The zero-order chi connectivity index (χ0) is 13.7. The van der Waals surface area contributed by atoms with Crippen LogP contribution in [0.3, 0.4) is 0 Å². The van der Waals surface area contributed by atoms with E-state index in [9.17, 15) is 5.11 Å². The van der Waals surface area contributed by atoms with Gasteiger partial charge in [0.15, 0.2) is 0 Å². The maximum absolute atomic E-state index is 9.58. The molecular formula is C17H21NO. The number of hydrogen-bond acceptors (Lipinski definition) is 2. The molecule has 0 amide bonds. The third-order valence-corrected chi connectivity index (χ3v) is 3.43. The molecule has 0 bridgehead atoms. The van der Waals surface area contributed by atoms with Crippen molar-refractivity contribution in [2.75, 3.05) is 25.6 Å². The third kappa shape index (κ3) is 3.58. The molecule has 1 atom stereocenters. The molecule has 0 aliphatic heterocycles. The van der Waals surface area contributed by atoms with Crippen molar-refractivity contribution in [1.29, 1.82) is 0 Å². The summed E-state index contributed by atoms with van der Waals surface area (Å²) in [5.74, 6) is 0.173. The predicted octanol–water partition coefficient (Wildman–Crippen LogP) is 3.07. The summed E-state index contributed by atoms with van der Waals surface area (Å²) in [6.07, 6.45) is 0.869.